The average molecular weight is 936 g/mol. The van der Waals surface area contributed by atoms with Gasteiger partial charge < -0.3 is 9.13 Å². The van der Waals surface area contributed by atoms with Crippen LogP contribution in [0.2, 0.25) is 0 Å². The van der Waals surface area contributed by atoms with E-state index >= 15 is 26.3 Å². The summed E-state index contributed by atoms with van der Waals surface area (Å²) in [6.07, 6.45) is -10.5. The highest BCUT2D eigenvalue weighted by atomic mass is 19.4. The maximum atomic E-state index is 15.4. The molecule has 0 atom stereocenters. The third kappa shape index (κ3) is 7.18. The molecule has 11 aromatic rings. The molecule has 15 heteroatoms. The number of hydrogen-bond acceptors (Lipinski definition) is 7. The van der Waals surface area contributed by atoms with Crippen molar-refractivity contribution in [3.05, 3.63) is 180 Å². The molecular formula is C55H35F6N9. The van der Waals surface area contributed by atoms with Gasteiger partial charge in [-0.05, 0) is 112 Å². The minimum atomic E-state index is -5.23. The Kier molecular flexibility index (Phi) is 10.1. The first kappa shape index (κ1) is 43.8. The fraction of sp³-hybridized carbons (Fsp3) is 0.109. The number of hydrogen-bond donors (Lipinski definition) is 0. The van der Waals surface area contributed by atoms with Crippen molar-refractivity contribution in [1.82, 2.24) is 39.0 Å². The second-order valence-electron chi connectivity index (χ2n) is 16.9. The number of aromatic nitrogens is 8. The SMILES string of the molecule is Cc1nc(C)nc(-c2ccc3c(c2)c2ccccc2n3-c2cccc(C#N)c2-c2c(-c3c(C(F)(F)F)cccc3C(F)(F)F)cccc2-n2c3ccccc3c3cc(-c4nc(C)nc(C)n4)ccc32)n1. The van der Waals surface area contributed by atoms with E-state index in [4.69, 9.17) is 0 Å². The van der Waals surface area contributed by atoms with Gasteiger partial charge in [0.15, 0.2) is 11.6 Å². The fourth-order valence-electron chi connectivity index (χ4n) is 9.83. The summed E-state index contributed by atoms with van der Waals surface area (Å²) in [6, 6.07) is 39.8. The Balaban J connectivity index is 1.29. The highest BCUT2D eigenvalue weighted by Gasteiger charge is 2.42. The molecule has 70 heavy (non-hydrogen) atoms. The molecule has 0 saturated heterocycles. The first-order valence-corrected chi connectivity index (χ1v) is 22.0. The van der Waals surface area contributed by atoms with E-state index in [2.05, 4.69) is 36.0 Å². The molecule has 4 aromatic heterocycles. The molecule has 0 aliphatic heterocycles. The summed E-state index contributed by atoms with van der Waals surface area (Å²) in [7, 11) is 0. The van der Waals surface area contributed by atoms with Gasteiger partial charge in [0.1, 0.15) is 23.3 Å². The molecule has 7 aromatic carbocycles. The molecule has 0 bridgehead atoms. The molecule has 0 radical (unpaired) electrons. The lowest BCUT2D eigenvalue weighted by Gasteiger charge is -2.25. The van der Waals surface area contributed by atoms with Gasteiger partial charge in [-0.25, -0.2) is 29.9 Å². The quantitative estimate of drug-likeness (QED) is 0.153. The highest BCUT2D eigenvalue weighted by Crippen LogP contribution is 2.51. The standard InChI is InChI=1S/C55H35F6N9/c1-29-63-30(2)66-52(65-29)33-22-24-45-39(26-33)36-13-5-7-18-43(36)69(45)47-20-9-12-35(28-62)49(47)51-38(50-41(54(56,57)58)16-11-17-42(50)55(59,60)61)15-10-21-48(51)70-44-19-8-6-14-37(44)40-27-34(23-25-46(40)70)53-67-31(3)64-32(4)68-53/h5-27H,1-4H3. The molecule has 9 nitrogen and oxygen atoms in total. The summed E-state index contributed by atoms with van der Waals surface area (Å²) in [5.41, 5.74) is 0.0420. The van der Waals surface area contributed by atoms with Crippen molar-refractivity contribution in [1.29, 1.82) is 5.26 Å². The largest absolute Gasteiger partial charge is 0.417 e. The Hall–Kier alpha value is -8.77. The van der Waals surface area contributed by atoms with Crippen LogP contribution in [0.1, 0.15) is 40.0 Å². The van der Waals surface area contributed by atoms with Crippen molar-refractivity contribution in [2.24, 2.45) is 0 Å². The third-order valence-electron chi connectivity index (χ3n) is 12.5. The van der Waals surface area contributed by atoms with Gasteiger partial charge in [-0.1, -0.05) is 60.7 Å². The van der Waals surface area contributed by atoms with Crippen LogP contribution in [-0.2, 0) is 12.4 Å². The van der Waals surface area contributed by atoms with Gasteiger partial charge in [-0.2, -0.15) is 31.6 Å². The highest BCUT2D eigenvalue weighted by molar-refractivity contribution is 6.13. The number of alkyl halides is 6. The molecule has 0 aliphatic rings. The molecule has 0 unspecified atom stereocenters. The Morgan fingerprint density at radius 2 is 0.829 bits per heavy atom. The normalized spacial score (nSPS) is 12.1. The summed E-state index contributed by atoms with van der Waals surface area (Å²) in [4.78, 5) is 27.0. The molecule has 0 spiro atoms. The molecule has 0 fully saturated rings. The molecular weight excluding hydrogens is 901 g/mol. The zero-order chi connectivity index (χ0) is 48.8. The Morgan fingerprint density at radius 1 is 0.414 bits per heavy atom. The molecule has 0 amide bonds. The van der Waals surface area contributed by atoms with Gasteiger partial charge in [0.05, 0.1) is 56.2 Å². The van der Waals surface area contributed by atoms with Gasteiger partial charge in [0.25, 0.3) is 0 Å². The lowest BCUT2D eigenvalue weighted by Crippen LogP contribution is -2.15. The molecule has 11 rings (SSSR count). The average Bonchev–Trinajstić information content (AvgIpc) is 3.84. The van der Waals surface area contributed by atoms with Crippen LogP contribution in [0.5, 0.6) is 0 Å². The van der Waals surface area contributed by atoms with Crippen LogP contribution in [-0.4, -0.2) is 39.0 Å². The molecule has 0 aliphatic carbocycles. The van der Waals surface area contributed by atoms with E-state index in [0.29, 0.717) is 91.3 Å². The second kappa shape index (κ2) is 16.2. The number of para-hydroxylation sites is 2. The van der Waals surface area contributed by atoms with Crippen LogP contribution >= 0.6 is 0 Å². The van der Waals surface area contributed by atoms with Crippen molar-refractivity contribution in [2.75, 3.05) is 0 Å². The first-order chi connectivity index (χ1) is 33.6. The Morgan fingerprint density at radius 3 is 1.29 bits per heavy atom. The van der Waals surface area contributed by atoms with E-state index in [1.54, 1.807) is 45.9 Å². The van der Waals surface area contributed by atoms with E-state index in [0.717, 1.165) is 22.2 Å². The van der Waals surface area contributed by atoms with E-state index < -0.39 is 29.0 Å². The van der Waals surface area contributed by atoms with E-state index in [1.165, 1.54) is 18.2 Å². The minimum Gasteiger partial charge on any atom is -0.309 e. The smallest absolute Gasteiger partial charge is 0.309 e. The van der Waals surface area contributed by atoms with Gasteiger partial charge >= 0.3 is 12.4 Å². The van der Waals surface area contributed by atoms with Crippen LogP contribution in [0.15, 0.2) is 140 Å². The molecule has 4 heterocycles. The third-order valence-corrected chi connectivity index (χ3v) is 12.5. The zero-order valence-electron chi connectivity index (χ0n) is 37.6. The van der Waals surface area contributed by atoms with Gasteiger partial charge in [-0.15, -0.1) is 0 Å². The first-order valence-electron chi connectivity index (χ1n) is 22.0. The lowest BCUT2D eigenvalue weighted by atomic mass is 9.85. The fourth-order valence-corrected chi connectivity index (χ4v) is 9.83. The molecule has 0 saturated carbocycles. The predicted molar refractivity (Wildman–Crippen MR) is 257 cm³/mol. The molecule has 0 N–H and O–H groups in total. The minimum absolute atomic E-state index is 0.00608. The lowest BCUT2D eigenvalue weighted by molar-refractivity contribution is -0.142. The summed E-state index contributed by atoms with van der Waals surface area (Å²) >= 11 is 0. The summed E-state index contributed by atoms with van der Waals surface area (Å²) < 4.78 is 96.1. The summed E-state index contributed by atoms with van der Waals surface area (Å²) in [5, 5.41) is 14.1. The number of halogens is 6. The Bertz CT molecular complexity index is 3940. The summed E-state index contributed by atoms with van der Waals surface area (Å²) in [5.74, 6) is 3.00. The second-order valence-corrected chi connectivity index (χ2v) is 16.9. The van der Waals surface area contributed by atoms with Crippen LogP contribution in [0, 0.1) is 39.0 Å². The van der Waals surface area contributed by atoms with Crippen molar-refractivity contribution in [3.63, 3.8) is 0 Å². The number of nitriles is 1. The Labute approximate surface area is 395 Å². The van der Waals surface area contributed by atoms with E-state index in [-0.39, 0.29) is 27.9 Å². The molecule has 342 valence electrons. The van der Waals surface area contributed by atoms with Crippen molar-refractivity contribution in [2.45, 2.75) is 40.0 Å². The van der Waals surface area contributed by atoms with Crippen LogP contribution in [0.3, 0.4) is 0 Å². The van der Waals surface area contributed by atoms with Gasteiger partial charge in [0.2, 0.25) is 0 Å². The summed E-state index contributed by atoms with van der Waals surface area (Å²) in [6.45, 7) is 7.08. The number of benzene rings is 7. The van der Waals surface area contributed by atoms with Gasteiger partial charge in [-0.3, -0.25) is 0 Å². The van der Waals surface area contributed by atoms with Crippen molar-refractivity contribution < 1.29 is 26.3 Å². The number of aryl methyl sites for hydroxylation is 4. The monoisotopic (exact) mass is 935 g/mol. The zero-order valence-corrected chi connectivity index (χ0v) is 37.6. The number of fused-ring (bicyclic) bond motifs is 6. The van der Waals surface area contributed by atoms with Crippen molar-refractivity contribution >= 4 is 43.6 Å². The van der Waals surface area contributed by atoms with Crippen molar-refractivity contribution in [3.8, 4) is 62.5 Å². The topological polar surface area (TPSA) is 111 Å². The number of nitrogens with zero attached hydrogens (tertiary/aromatic N) is 9. The van der Waals surface area contributed by atoms with E-state index in [1.807, 2.05) is 94.1 Å². The van der Waals surface area contributed by atoms with Gasteiger partial charge in [0, 0.05) is 49.4 Å². The van der Waals surface area contributed by atoms with Crippen LogP contribution in [0.4, 0.5) is 26.3 Å². The maximum Gasteiger partial charge on any atom is 0.417 e. The van der Waals surface area contributed by atoms with Crippen LogP contribution in [0.25, 0.3) is 100 Å². The van der Waals surface area contributed by atoms with E-state index in [9.17, 15) is 5.26 Å². The predicted octanol–water partition coefficient (Wildman–Crippen LogP) is 14.1. The maximum absolute atomic E-state index is 15.4. The number of rotatable bonds is 6. The van der Waals surface area contributed by atoms with Crippen LogP contribution < -0.4 is 0 Å².